The Morgan fingerprint density at radius 2 is 2.17 bits per heavy atom. The summed E-state index contributed by atoms with van der Waals surface area (Å²) in [6.07, 6.45) is 2.64. The van der Waals surface area contributed by atoms with Gasteiger partial charge in [-0.1, -0.05) is 20.8 Å². The molecule has 1 unspecified atom stereocenters. The fraction of sp³-hybridized carbons (Fsp3) is 0.600. The average molecular weight is 167 g/mol. The van der Waals surface area contributed by atoms with Gasteiger partial charge < -0.3 is 10.2 Å². The lowest BCUT2D eigenvalue weighted by atomic mass is 9.97. The second-order valence-corrected chi connectivity index (χ2v) is 3.42. The maximum atomic E-state index is 6.00. The summed E-state index contributed by atoms with van der Waals surface area (Å²) in [4.78, 5) is 0. The fourth-order valence-corrected chi connectivity index (χ4v) is 1.29. The Bertz CT molecular complexity index is 240. The van der Waals surface area contributed by atoms with Gasteiger partial charge in [-0.2, -0.15) is 0 Å². The Kier molecular flexibility index (Phi) is 2.93. The quantitative estimate of drug-likeness (QED) is 0.751. The van der Waals surface area contributed by atoms with E-state index >= 15 is 0 Å². The van der Waals surface area contributed by atoms with Crippen molar-refractivity contribution in [3.63, 3.8) is 0 Å². The van der Waals surface area contributed by atoms with Gasteiger partial charge in [0.2, 0.25) is 0 Å². The van der Waals surface area contributed by atoms with E-state index < -0.39 is 0 Å². The molecule has 0 fully saturated rings. The average Bonchev–Trinajstić information content (AvgIpc) is 2.49. The van der Waals surface area contributed by atoms with Gasteiger partial charge in [-0.15, -0.1) is 0 Å². The molecule has 0 saturated carbocycles. The zero-order valence-corrected chi connectivity index (χ0v) is 8.00. The van der Waals surface area contributed by atoms with Gasteiger partial charge in [0, 0.05) is 18.0 Å². The van der Waals surface area contributed by atoms with Crippen LogP contribution in [0.25, 0.3) is 0 Å². The van der Waals surface area contributed by atoms with Gasteiger partial charge in [-0.3, -0.25) is 0 Å². The van der Waals surface area contributed by atoms with Gasteiger partial charge >= 0.3 is 0 Å². The maximum absolute atomic E-state index is 6.00. The molecule has 0 aliphatic heterocycles. The van der Waals surface area contributed by atoms with Crippen LogP contribution in [0.3, 0.4) is 0 Å². The van der Waals surface area contributed by atoms with Crippen LogP contribution in [0.1, 0.15) is 38.1 Å². The smallest absolute Gasteiger partial charge is 0.108 e. The van der Waals surface area contributed by atoms with Crippen molar-refractivity contribution in [3.05, 3.63) is 23.7 Å². The van der Waals surface area contributed by atoms with E-state index in [1.165, 1.54) is 0 Å². The highest BCUT2D eigenvalue weighted by Gasteiger charge is 2.15. The molecule has 0 bridgehead atoms. The number of hydrogen-bond donors (Lipinski definition) is 1. The van der Waals surface area contributed by atoms with Crippen LogP contribution in [0.4, 0.5) is 0 Å². The second kappa shape index (κ2) is 3.76. The molecule has 0 saturated heterocycles. The SMILES string of the molecule is CCc1occc1C(N)C(C)C. The molecule has 68 valence electrons. The molecule has 0 aromatic carbocycles. The summed E-state index contributed by atoms with van der Waals surface area (Å²) in [7, 11) is 0. The summed E-state index contributed by atoms with van der Waals surface area (Å²) in [5.41, 5.74) is 7.16. The molecule has 0 amide bonds. The summed E-state index contributed by atoms with van der Waals surface area (Å²) in [6.45, 7) is 6.32. The van der Waals surface area contributed by atoms with Crippen LogP contribution in [0, 0.1) is 5.92 Å². The zero-order valence-electron chi connectivity index (χ0n) is 8.00. The number of rotatable bonds is 3. The summed E-state index contributed by atoms with van der Waals surface area (Å²) in [6, 6.07) is 2.09. The molecule has 2 nitrogen and oxygen atoms in total. The third kappa shape index (κ3) is 1.69. The van der Waals surface area contributed by atoms with Crippen molar-refractivity contribution in [3.8, 4) is 0 Å². The van der Waals surface area contributed by atoms with Gasteiger partial charge in [-0.05, 0) is 12.0 Å². The number of aryl methyl sites for hydroxylation is 1. The Hall–Kier alpha value is -0.760. The van der Waals surface area contributed by atoms with Crippen LogP contribution >= 0.6 is 0 Å². The normalized spacial score (nSPS) is 13.8. The first kappa shape index (κ1) is 9.33. The van der Waals surface area contributed by atoms with E-state index in [2.05, 4.69) is 20.8 Å². The molecule has 1 heterocycles. The van der Waals surface area contributed by atoms with E-state index in [0.29, 0.717) is 5.92 Å². The van der Waals surface area contributed by atoms with Crippen molar-refractivity contribution in [2.45, 2.75) is 33.2 Å². The predicted octanol–water partition coefficient (Wildman–Crippen LogP) is 2.50. The zero-order chi connectivity index (χ0) is 9.14. The molecule has 2 N–H and O–H groups in total. The molecule has 0 spiro atoms. The van der Waals surface area contributed by atoms with Gasteiger partial charge in [0.25, 0.3) is 0 Å². The molecular formula is C10H17NO. The van der Waals surface area contributed by atoms with Gasteiger partial charge in [0.1, 0.15) is 5.76 Å². The van der Waals surface area contributed by atoms with Gasteiger partial charge in [-0.25, -0.2) is 0 Å². The Balaban J connectivity index is 2.86. The highest BCUT2D eigenvalue weighted by Crippen LogP contribution is 2.23. The summed E-state index contributed by atoms with van der Waals surface area (Å²) in [5, 5.41) is 0. The van der Waals surface area contributed by atoms with Crippen LogP contribution < -0.4 is 5.73 Å². The lowest BCUT2D eigenvalue weighted by Gasteiger charge is -2.14. The van der Waals surface area contributed by atoms with E-state index in [1.54, 1.807) is 6.26 Å². The van der Waals surface area contributed by atoms with Crippen molar-refractivity contribution < 1.29 is 4.42 Å². The first-order chi connectivity index (χ1) is 5.66. The van der Waals surface area contributed by atoms with E-state index in [-0.39, 0.29) is 6.04 Å². The molecule has 0 radical (unpaired) electrons. The number of hydrogen-bond acceptors (Lipinski definition) is 2. The highest BCUT2D eigenvalue weighted by atomic mass is 16.3. The standard InChI is InChI=1S/C10H17NO/c1-4-9-8(5-6-12-9)10(11)7(2)3/h5-7,10H,4,11H2,1-3H3. The van der Waals surface area contributed by atoms with Crippen molar-refractivity contribution in [1.29, 1.82) is 0 Å². The van der Waals surface area contributed by atoms with Crippen LogP contribution in [0.2, 0.25) is 0 Å². The van der Waals surface area contributed by atoms with Crippen LogP contribution in [-0.4, -0.2) is 0 Å². The molecule has 0 aliphatic rings. The first-order valence-corrected chi connectivity index (χ1v) is 4.48. The predicted molar refractivity (Wildman–Crippen MR) is 49.9 cm³/mol. The largest absolute Gasteiger partial charge is 0.469 e. The Labute approximate surface area is 73.8 Å². The topological polar surface area (TPSA) is 39.2 Å². The number of furan rings is 1. The highest BCUT2D eigenvalue weighted by molar-refractivity contribution is 5.21. The lowest BCUT2D eigenvalue weighted by molar-refractivity contribution is 0.474. The third-order valence-electron chi connectivity index (χ3n) is 2.18. The molecule has 1 atom stereocenters. The van der Waals surface area contributed by atoms with Crippen LogP contribution in [-0.2, 0) is 6.42 Å². The second-order valence-electron chi connectivity index (χ2n) is 3.42. The third-order valence-corrected chi connectivity index (χ3v) is 2.18. The lowest BCUT2D eigenvalue weighted by Crippen LogP contribution is -2.17. The van der Waals surface area contributed by atoms with Gasteiger partial charge in [0.15, 0.2) is 0 Å². The molecule has 1 aromatic rings. The Morgan fingerprint density at radius 3 is 2.67 bits per heavy atom. The summed E-state index contributed by atoms with van der Waals surface area (Å²) < 4.78 is 5.31. The molecule has 12 heavy (non-hydrogen) atoms. The minimum absolute atomic E-state index is 0.110. The fourth-order valence-electron chi connectivity index (χ4n) is 1.29. The van der Waals surface area contributed by atoms with Gasteiger partial charge in [0.05, 0.1) is 6.26 Å². The van der Waals surface area contributed by atoms with E-state index in [4.69, 9.17) is 10.2 Å². The molecule has 2 heteroatoms. The van der Waals surface area contributed by atoms with E-state index in [1.807, 2.05) is 6.07 Å². The summed E-state index contributed by atoms with van der Waals surface area (Å²) >= 11 is 0. The van der Waals surface area contributed by atoms with Crippen molar-refractivity contribution in [2.24, 2.45) is 11.7 Å². The van der Waals surface area contributed by atoms with Crippen LogP contribution in [0.5, 0.6) is 0 Å². The monoisotopic (exact) mass is 167 g/mol. The Morgan fingerprint density at radius 1 is 1.50 bits per heavy atom. The summed E-state index contributed by atoms with van der Waals surface area (Å²) in [5.74, 6) is 1.49. The molecule has 0 aliphatic carbocycles. The number of nitrogens with two attached hydrogens (primary N) is 1. The van der Waals surface area contributed by atoms with E-state index in [9.17, 15) is 0 Å². The van der Waals surface area contributed by atoms with Crippen molar-refractivity contribution in [2.75, 3.05) is 0 Å². The van der Waals surface area contributed by atoms with E-state index in [0.717, 1.165) is 17.7 Å². The van der Waals surface area contributed by atoms with Crippen LogP contribution in [0.15, 0.2) is 16.7 Å². The van der Waals surface area contributed by atoms with Crippen molar-refractivity contribution in [1.82, 2.24) is 0 Å². The van der Waals surface area contributed by atoms with Crippen molar-refractivity contribution >= 4 is 0 Å². The molecular weight excluding hydrogens is 150 g/mol. The minimum Gasteiger partial charge on any atom is -0.469 e. The maximum Gasteiger partial charge on any atom is 0.108 e. The minimum atomic E-state index is 0.110. The molecule has 1 rings (SSSR count). The first-order valence-electron chi connectivity index (χ1n) is 4.48. The molecule has 1 aromatic heterocycles.